The molecule has 1 aliphatic heterocycles. The minimum Gasteiger partial charge on any atom is -0.396 e. The van der Waals surface area contributed by atoms with E-state index in [0.29, 0.717) is 22.7 Å². The summed E-state index contributed by atoms with van der Waals surface area (Å²) in [6.07, 6.45) is 2.07. The SMILES string of the molecule is OCC1CCN(Cc2nc(Cl)ccc2Cl)CC1. The van der Waals surface area contributed by atoms with Crippen LogP contribution in [0, 0.1) is 5.92 Å². The summed E-state index contributed by atoms with van der Waals surface area (Å²) >= 11 is 11.9. The molecule has 1 fully saturated rings. The zero-order chi connectivity index (χ0) is 12.3. The molecule has 1 aromatic rings. The number of likely N-dealkylation sites (tertiary alicyclic amines) is 1. The number of piperidine rings is 1. The van der Waals surface area contributed by atoms with Gasteiger partial charge in [0.15, 0.2) is 0 Å². The molecular weight excluding hydrogens is 259 g/mol. The molecule has 2 heterocycles. The molecule has 17 heavy (non-hydrogen) atoms. The van der Waals surface area contributed by atoms with Gasteiger partial charge in [0.25, 0.3) is 0 Å². The van der Waals surface area contributed by atoms with Crippen molar-refractivity contribution in [1.29, 1.82) is 0 Å². The highest BCUT2D eigenvalue weighted by Crippen LogP contribution is 2.22. The number of pyridine rings is 1. The van der Waals surface area contributed by atoms with Crippen LogP contribution in [0.1, 0.15) is 18.5 Å². The summed E-state index contributed by atoms with van der Waals surface area (Å²) in [6, 6.07) is 3.48. The van der Waals surface area contributed by atoms with E-state index in [1.165, 1.54) is 0 Å². The maximum Gasteiger partial charge on any atom is 0.129 e. The third-order valence-electron chi connectivity index (χ3n) is 3.22. The number of rotatable bonds is 3. The molecule has 0 unspecified atom stereocenters. The molecule has 0 amide bonds. The summed E-state index contributed by atoms with van der Waals surface area (Å²) < 4.78 is 0. The summed E-state index contributed by atoms with van der Waals surface area (Å²) in [4.78, 5) is 6.55. The van der Waals surface area contributed by atoms with Crippen LogP contribution in [-0.4, -0.2) is 34.7 Å². The second-order valence-corrected chi connectivity index (χ2v) is 5.26. The molecule has 0 aliphatic carbocycles. The molecule has 1 aromatic heterocycles. The average Bonchev–Trinajstić information content (AvgIpc) is 2.35. The van der Waals surface area contributed by atoms with Crippen molar-refractivity contribution in [2.45, 2.75) is 19.4 Å². The average molecular weight is 275 g/mol. The van der Waals surface area contributed by atoms with E-state index in [2.05, 4.69) is 9.88 Å². The summed E-state index contributed by atoms with van der Waals surface area (Å²) in [5.74, 6) is 0.453. The van der Waals surface area contributed by atoms with Crippen molar-refractivity contribution < 1.29 is 5.11 Å². The predicted octanol–water partition coefficient (Wildman–Crippen LogP) is 2.59. The second-order valence-electron chi connectivity index (χ2n) is 4.46. The zero-order valence-electron chi connectivity index (χ0n) is 9.57. The normalized spacial score (nSPS) is 18.5. The molecule has 0 aromatic carbocycles. The van der Waals surface area contributed by atoms with E-state index < -0.39 is 0 Å². The molecule has 0 radical (unpaired) electrons. The third-order valence-corrected chi connectivity index (χ3v) is 3.78. The minimum absolute atomic E-state index is 0.296. The van der Waals surface area contributed by atoms with Crippen LogP contribution >= 0.6 is 23.2 Å². The fraction of sp³-hybridized carbons (Fsp3) is 0.583. The Kier molecular flexibility index (Phi) is 4.62. The summed E-state index contributed by atoms with van der Waals surface area (Å²) in [6.45, 7) is 2.99. The summed E-state index contributed by atoms with van der Waals surface area (Å²) in [7, 11) is 0. The van der Waals surface area contributed by atoms with Crippen LogP contribution in [0.25, 0.3) is 0 Å². The van der Waals surface area contributed by atoms with Crippen LogP contribution in [0.5, 0.6) is 0 Å². The molecule has 1 aliphatic rings. The van der Waals surface area contributed by atoms with Crippen LogP contribution in [-0.2, 0) is 6.54 Å². The summed E-state index contributed by atoms with van der Waals surface area (Å²) in [5, 5.41) is 10.2. The fourth-order valence-electron chi connectivity index (χ4n) is 2.11. The van der Waals surface area contributed by atoms with Crippen LogP contribution in [0.3, 0.4) is 0 Å². The maximum atomic E-state index is 9.08. The van der Waals surface area contributed by atoms with Gasteiger partial charge in [-0.15, -0.1) is 0 Å². The number of aliphatic hydroxyl groups is 1. The molecule has 0 spiro atoms. The van der Waals surface area contributed by atoms with Gasteiger partial charge >= 0.3 is 0 Å². The second kappa shape index (κ2) is 6.01. The fourth-order valence-corrected chi connectivity index (χ4v) is 2.44. The Morgan fingerprint density at radius 2 is 2.00 bits per heavy atom. The monoisotopic (exact) mass is 274 g/mol. The van der Waals surface area contributed by atoms with Crippen molar-refractivity contribution in [2.75, 3.05) is 19.7 Å². The van der Waals surface area contributed by atoms with Crippen molar-refractivity contribution in [3.8, 4) is 0 Å². The smallest absolute Gasteiger partial charge is 0.129 e. The van der Waals surface area contributed by atoms with E-state index in [1.807, 2.05) is 0 Å². The molecule has 1 N–H and O–H groups in total. The minimum atomic E-state index is 0.296. The Morgan fingerprint density at radius 3 is 2.65 bits per heavy atom. The molecule has 0 atom stereocenters. The molecule has 1 saturated heterocycles. The molecule has 0 saturated carbocycles. The van der Waals surface area contributed by atoms with Gasteiger partial charge in [-0.1, -0.05) is 23.2 Å². The largest absolute Gasteiger partial charge is 0.396 e. The van der Waals surface area contributed by atoms with Crippen molar-refractivity contribution in [2.24, 2.45) is 5.92 Å². The first kappa shape index (κ1) is 13.1. The molecule has 94 valence electrons. The molecule has 3 nitrogen and oxygen atoms in total. The Bertz CT molecular complexity index is 379. The first-order chi connectivity index (χ1) is 8.19. The highest BCUT2D eigenvalue weighted by molar-refractivity contribution is 6.32. The van der Waals surface area contributed by atoms with Gasteiger partial charge in [0.05, 0.1) is 10.7 Å². The van der Waals surface area contributed by atoms with Gasteiger partial charge in [-0.05, 0) is 44.0 Å². The van der Waals surface area contributed by atoms with Gasteiger partial charge in [-0.2, -0.15) is 0 Å². The van der Waals surface area contributed by atoms with Gasteiger partial charge in [0.1, 0.15) is 5.15 Å². The van der Waals surface area contributed by atoms with E-state index in [-0.39, 0.29) is 0 Å². The number of halogens is 2. The van der Waals surface area contributed by atoms with Crippen molar-refractivity contribution in [1.82, 2.24) is 9.88 Å². The Balaban J connectivity index is 1.95. The molecule has 5 heteroatoms. The number of aromatic nitrogens is 1. The lowest BCUT2D eigenvalue weighted by atomic mass is 9.98. The standard InChI is InChI=1S/C12H16Cl2N2O/c13-10-1-2-12(14)15-11(10)7-16-5-3-9(8-17)4-6-16/h1-2,9,17H,3-8H2. The van der Waals surface area contributed by atoms with E-state index in [1.54, 1.807) is 12.1 Å². The first-order valence-corrected chi connectivity index (χ1v) is 6.58. The molecule has 0 bridgehead atoms. The van der Waals surface area contributed by atoms with E-state index in [0.717, 1.165) is 38.2 Å². The van der Waals surface area contributed by atoms with Crippen molar-refractivity contribution >= 4 is 23.2 Å². The Hall–Kier alpha value is -0.350. The Morgan fingerprint density at radius 1 is 1.29 bits per heavy atom. The number of hydrogen-bond acceptors (Lipinski definition) is 3. The van der Waals surface area contributed by atoms with Crippen molar-refractivity contribution in [3.05, 3.63) is 28.0 Å². The Labute approximate surface area is 111 Å². The van der Waals surface area contributed by atoms with Crippen LogP contribution in [0.15, 0.2) is 12.1 Å². The third kappa shape index (κ3) is 3.55. The van der Waals surface area contributed by atoms with Crippen LogP contribution < -0.4 is 0 Å². The van der Waals surface area contributed by atoms with Gasteiger partial charge in [0.2, 0.25) is 0 Å². The quantitative estimate of drug-likeness (QED) is 0.861. The van der Waals surface area contributed by atoms with Crippen molar-refractivity contribution in [3.63, 3.8) is 0 Å². The van der Waals surface area contributed by atoms with E-state index in [9.17, 15) is 0 Å². The van der Waals surface area contributed by atoms with E-state index >= 15 is 0 Å². The lowest BCUT2D eigenvalue weighted by molar-refractivity contribution is 0.126. The van der Waals surface area contributed by atoms with Gasteiger partial charge < -0.3 is 5.11 Å². The lowest BCUT2D eigenvalue weighted by Gasteiger charge is -2.30. The molecule has 2 rings (SSSR count). The zero-order valence-corrected chi connectivity index (χ0v) is 11.1. The molecular formula is C12H16Cl2N2O. The van der Waals surface area contributed by atoms with Crippen LogP contribution in [0.2, 0.25) is 10.2 Å². The predicted molar refractivity (Wildman–Crippen MR) is 69.3 cm³/mol. The summed E-state index contributed by atoms with van der Waals surface area (Å²) in [5.41, 5.74) is 0.835. The first-order valence-electron chi connectivity index (χ1n) is 5.83. The van der Waals surface area contributed by atoms with Gasteiger partial charge in [-0.3, -0.25) is 4.90 Å². The van der Waals surface area contributed by atoms with Gasteiger partial charge in [0, 0.05) is 13.2 Å². The van der Waals surface area contributed by atoms with Gasteiger partial charge in [-0.25, -0.2) is 4.98 Å². The van der Waals surface area contributed by atoms with Crippen LogP contribution in [0.4, 0.5) is 0 Å². The highest BCUT2D eigenvalue weighted by atomic mass is 35.5. The maximum absolute atomic E-state index is 9.08. The number of nitrogens with zero attached hydrogens (tertiary/aromatic N) is 2. The number of hydrogen-bond donors (Lipinski definition) is 1. The topological polar surface area (TPSA) is 36.4 Å². The lowest BCUT2D eigenvalue weighted by Crippen LogP contribution is -2.34. The highest BCUT2D eigenvalue weighted by Gasteiger charge is 2.19. The number of aliphatic hydroxyl groups excluding tert-OH is 1. The van der Waals surface area contributed by atoms with E-state index in [4.69, 9.17) is 28.3 Å².